The third-order valence-corrected chi connectivity index (χ3v) is 4.68. The van der Waals surface area contributed by atoms with Crippen LogP contribution >= 0.6 is 0 Å². The minimum atomic E-state index is -0.295. The van der Waals surface area contributed by atoms with Crippen LogP contribution in [0.5, 0.6) is 5.75 Å². The highest BCUT2D eigenvalue weighted by Crippen LogP contribution is 2.20. The average Bonchev–Trinajstić information content (AvgIpc) is 2.96. The van der Waals surface area contributed by atoms with Crippen molar-refractivity contribution >= 4 is 11.8 Å². The number of carbonyl (C=O) groups is 2. The van der Waals surface area contributed by atoms with Crippen molar-refractivity contribution in [1.82, 2.24) is 10.2 Å². The molecule has 1 saturated heterocycles. The van der Waals surface area contributed by atoms with Gasteiger partial charge in [0.2, 0.25) is 5.91 Å². The number of carbonyl (C=O) groups excluding carboxylic acids is 2. The molecule has 1 aliphatic rings. The number of rotatable bonds is 5. The molecule has 1 fully saturated rings. The van der Waals surface area contributed by atoms with Gasteiger partial charge in [-0.3, -0.25) is 9.59 Å². The molecule has 26 heavy (non-hydrogen) atoms. The lowest BCUT2D eigenvalue weighted by Gasteiger charge is -2.17. The second-order valence-electron chi connectivity index (χ2n) is 6.54. The first-order chi connectivity index (χ1) is 12.4. The van der Waals surface area contributed by atoms with Crippen LogP contribution in [0, 0.1) is 12.7 Å². The molecule has 5 nitrogen and oxygen atoms in total. The molecule has 0 bridgehead atoms. The zero-order valence-electron chi connectivity index (χ0n) is 14.5. The highest BCUT2D eigenvalue weighted by molar-refractivity contribution is 5.97. The van der Waals surface area contributed by atoms with Crippen LogP contribution < -0.4 is 5.32 Å². The molecule has 0 aromatic heterocycles. The minimum absolute atomic E-state index is 0.00922. The van der Waals surface area contributed by atoms with E-state index < -0.39 is 0 Å². The predicted octanol–water partition coefficient (Wildman–Crippen LogP) is 2.41. The monoisotopic (exact) mass is 356 g/mol. The molecule has 0 saturated carbocycles. The number of phenolic OH excluding ortho intramolecular Hbond substituents is 1. The molecule has 6 heteroatoms. The maximum absolute atomic E-state index is 12.9. The summed E-state index contributed by atoms with van der Waals surface area (Å²) in [4.78, 5) is 26.3. The van der Waals surface area contributed by atoms with Gasteiger partial charge in [0.25, 0.3) is 5.91 Å². The molecule has 3 rings (SSSR count). The maximum atomic E-state index is 12.9. The fourth-order valence-electron chi connectivity index (χ4n) is 3.13. The number of hydrogen-bond acceptors (Lipinski definition) is 3. The van der Waals surface area contributed by atoms with Gasteiger partial charge in [0.15, 0.2) is 0 Å². The molecule has 0 radical (unpaired) electrons. The lowest BCUT2D eigenvalue weighted by Crippen LogP contribution is -2.37. The standard InChI is InChI=1S/C20H21FN2O3/c1-13-17(3-2-4-18(13)24)20(26)22-16-11-19(25)23(12-16)10-9-14-5-7-15(21)8-6-14/h2-8,16,24H,9-12H2,1H3,(H,22,26). The summed E-state index contributed by atoms with van der Waals surface area (Å²) in [5.41, 5.74) is 1.88. The summed E-state index contributed by atoms with van der Waals surface area (Å²) in [5.74, 6) is -0.515. The summed E-state index contributed by atoms with van der Waals surface area (Å²) in [6.07, 6.45) is 0.894. The van der Waals surface area contributed by atoms with Crippen molar-refractivity contribution in [2.45, 2.75) is 25.8 Å². The van der Waals surface area contributed by atoms with Gasteiger partial charge in [-0.25, -0.2) is 4.39 Å². The van der Waals surface area contributed by atoms with Crippen molar-refractivity contribution < 1.29 is 19.1 Å². The predicted molar refractivity (Wildman–Crippen MR) is 95.4 cm³/mol. The van der Waals surface area contributed by atoms with E-state index in [0.29, 0.717) is 30.6 Å². The molecule has 2 N–H and O–H groups in total. The summed E-state index contributed by atoms with van der Waals surface area (Å²) in [6, 6.07) is 10.8. The Bertz CT molecular complexity index is 820. The summed E-state index contributed by atoms with van der Waals surface area (Å²) in [7, 11) is 0. The first-order valence-electron chi connectivity index (χ1n) is 8.55. The van der Waals surface area contributed by atoms with E-state index in [1.165, 1.54) is 18.2 Å². The van der Waals surface area contributed by atoms with E-state index in [0.717, 1.165) is 5.56 Å². The molecule has 1 aliphatic heterocycles. The molecule has 136 valence electrons. The van der Waals surface area contributed by atoms with Crippen LogP contribution in [-0.2, 0) is 11.2 Å². The Hall–Kier alpha value is -2.89. The number of amides is 2. The lowest BCUT2D eigenvalue weighted by molar-refractivity contribution is -0.127. The highest BCUT2D eigenvalue weighted by atomic mass is 19.1. The fourth-order valence-corrected chi connectivity index (χ4v) is 3.13. The topological polar surface area (TPSA) is 69.6 Å². The molecule has 0 spiro atoms. The van der Waals surface area contributed by atoms with Crippen LogP contribution in [0.15, 0.2) is 42.5 Å². The van der Waals surface area contributed by atoms with E-state index in [4.69, 9.17) is 0 Å². The lowest BCUT2D eigenvalue weighted by atomic mass is 10.1. The van der Waals surface area contributed by atoms with E-state index in [-0.39, 0.29) is 35.8 Å². The summed E-state index contributed by atoms with van der Waals surface area (Å²) >= 11 is 0. The second-order valence-corrected chi connectivity index (χ2v) is 6.54. The number of likely N-dealkylation sites (tertiary alicyclic amines) is 1. The number of nitrogens with zero attached hydrogens (tertiary/aromatic N) is 1. The molecule has 1 atom stereocenters. The third kappa shape index (κ3) is 4.02. The van der Waals surface area contributed by atoms with Gasteiger partial charge < -0.3 is 15.3 Å². The summed E-state index contributed by atoms with van der Waals surface area (Å²) in [6.45, 7) is 2.66. The van der Waals surface area contributed by atoms with Gasteiger partial charge in [0.1, 0.15) is 11.6 Å². The van der Waals surface area contributed by atoms with Crippen molar-refractivity contribution in [3.8, 4) is 5.75 Å². The minimum Gasteiger partial charge on any atom is -0.508 e. The van der Waals surface area contributed by atoms with Gasteiger partial charge in [0.05, 0.1) is 6.04 Å². The zero-order valence-corrected chi connectivity index (χ0v) is 14.5. The average molecular weight is 356 g/mol. The van der Waals surface area contributed by atoms with E-state index in [9.17, 15) is 19.1 Å². The molecule has 2 aromatic carbocycles. The number of halogens is 1. The van der Waals surface area contributed by atoms with Gasteiger partial charge in [-0.2, -0.15) is 0 Å². The fraction of sp³-hybridized carbons (Fsp3) is 0.300. The van der Waals surface area contributed by atoms with Crippen LogP contribution in [0.2, 0.25) is 0 Å². The molecule has 1 heterocycles. The number of phenols is 1. The number of nitrogens with one attached hydrogen (secondary N) is 1. The van der Waals surface area contributed by atoms with E-state index in [1.807, 2.05) is 0 Å². The molecule has 0 aliphatic carbocycles. The van der Waals surface area contributed by atoms with Gasteiger partial charge in [-0.05, 0) is 43.2 Å². The van der Waals surface area contributed by atoms with Crippen LogP contribution in [0.1, 0.15) is 27.9 Å². The van der Waals surface area contributed by atoms with Gasteiger partial charge >= 0.3 is 0 Å². The number of benzene rings is 2. The van der Waals surface area contributed by atoms with E-state index in [2.05, 4.69) is 5.32 Å². The molecular weight excluding hydrogens is 335 g/mol. The van der Waals surface area contributed by atoms with Gasteiger partial charge in [-0.15, -0.1) is 0 Å². The van der Waals surface area contributed by atoms with Crippen molar-refractivity contribution in [1.29, 1.82) is 0 Å². The first kappa shape index (κ1) is 17.9. The molecule has 1 unspecified atom stereocenters. The quantitative estimate of drug-likeness (QED) is 0.864. The van der Waals surface area contributed by atoms with Gasteiger partial charge in [0, 0.05) is 30.6 Å². The van der Waals surface area contributed by atoms with Crippen LogP contribution in [0.25, 0.3) is 0 Å². The Labute approximate surface area is 151 Å². The van der Waals surface area contributed by atoms with E-state index >= 15 is 0 Å². The van der Waals surface area contributed by atoms with Crippen LogP contribution in [0.4, 0.5) is 4.39 Å². The Morgan fingerprint density at radius 3 is 2.73 bits per heavy atom. The Morgan fingerprint density at radius 2 is 2.00 bits per heavy atom. The zero-order chi connectivity index (χ0) is 18.7. The highest BCUT2D eigenvalue weighted by Gasteiger charge is 2.30. The second kappa shape index (κ2) is 7.56. The largest absolute Gasteiger partial charge is 0.508 e. The Balaban J connectivity index is 1.56. The van der Waals surface area contributed by atoms with Crippen molar-refractivity contribution in [3.63, 3.8) is 0 Å². The molecule has 2 aromatic rings. The SMILES string of the molecule is Cc1c(O)cccc1C(=O)NC1CC(=O)N(CCc2ccc(F)cc2)C1. The van der Waals surface area contributed by atoms with Gasteiger partial charge in [-0.1, -0.05) is 18.2 Å². The molecular formula is C20H21FN2O3. The van der Waals surface area contributed by atoms with Crippen molar-refractivity contribution in [2.75, 3.05) is 13.1 Å². The number of aromatic hydroxyl groups is 1. The third-order valence-electron chi connectivity index (χ3n) is 4.68. The molecule has 2 amide bonds. The summed E-state index contributed by atoms with van der Waals surface area (Å²) in [5, 5.41) is 12.6. The normalized spacial score (nSPS) is 16.8. The Morgan fingerprint density at radius 1 is 1.27 bits per heavy atom. The van der Waals surface area contributed by atoms with Crippen LogP contribution in [-0.4, -0.2) is 41.0 Å². The first-order valence-corrected chi connectivity index (χ1v) is 8.55. The van der Waals surface area contributed by atoms with Crippen molar-refractivity contribution in [2.24, 2.45) is 0 Å². The van der Waals surface area contributed by atoms with Crippen molar-refractivity contribution in [3.05, 3.63) is 65.0 Å². The summed E-state index contributed by atoms with van der Waals surface area (Å²) < 4.78 is 12.9. The Kier molecular flexibility index (Phi) is 5.21. The van der Waals surface area contributed by atoms with E-state index in [1.54, 1.807) is 36.1 Å². The van der Waals surface area contributed by atoms with Crippen LogP contribution in [0.3, 0.4) is 0 Å². The number of hydrogen-bond donors (Lipinski definition) is 2. The smallest absolute Gasteiger partial charge is 0.251 e. The maximum Gasteiger partial charge on any atom is 0.251 e.